The quantitative estimate of drug-likeness (QED) is 0.693. The maximum absolute atomic E-state index is 11.2. The van der Waals surface area contributed by atoms with E-state index >= 15 is 0 Å². The van der Waals surface area contributed by atoms with Gasteiger partial charge in [0.2, 0.25) is 0 Å². The lowest BCUT2D eigenvalue weighted by atomic mass is 9.89. The zero-order valence-electron chi connectivity index (χ0n) is 18.2. The molecule has 1 amide bonds. The van der Waals surface area contributed by atoms with E-state index in [0.29, 0.717) is 39.0 Å². The number of aliphatic hydroxyl groups is 1. The molecule has 30 heavy (non-hydrogen) atoms. The molecule has 0 bridgehead atoms. The highest BCUT2D eigenvalue weighted by atomic mass is 28.4. The molecular formula is C24H33NO4Si. The zero-order valence-corrected chi connectivity index (χ0v) is 19.2. The molecule has 1 aliphatic rings. The number of piperidine rings is 1. The first-order chi connectivity index (χ1) is 14.2. The van der Waals surface area contributed by atoms with Crippen molar-refractivity contribution in [2.45, 2.75) is 50.7 Å². The largest absolute Gasteiger partial charge is 0.465 e. The monoisotopic (exact) mass is 427 g/mol. The number of rotatable bonds is 6. The van der Waals surface area contributed by atoms with Crippen molar-refractivity contribution in [1.29, 1.82) is 0 Å². The fourth-order valence-electron chi connectivity index (χ4n) is 4.52. The maximum atomic E-state index is 11.2. The Morgan fingerprint density at radius 3 is 1.87 bits per heavy atom. The van der Waals surface area contributed by atoms with Crippen LogP contribution in [0, 0.1) is 0 Å². The lowest BCUT2D eigenvalue weighted by molar-refractivity contribution is -0.0316. The third kappa shape index (κ3) is 4.61. The van der Waals surface area contributed by atoms with Gasteiger partial charge in [0.15, 0.2) is 0 Å². The Hall–Kier alpha value is -2.15. The summed E-state index contributed by atoms with van der Waals surface area (Å²) in [6.07, 6.45) is 0.484. The van der Waals surface area contributed by atoms with Crippen molar-refractivity contribution in [1.82, 2.24) is 4.90 Å². The van der Waals surface area contributed by atoms with Crippen molar-refractivity contribution in [3.05, 3.63) is 60.7 Å². The maximum Gasteiger partial charge on any atom is 0.407 e. The summed E-state index contributed by atoms with van der Waals surface area (Å²) in [6, 6.07) is 20.9. The van der Waals surface area contributed by atoms with Gasteiger partial charge in [-0.1, -0.05) is 81.4 Å². The average molecular weight is 428 g/mol. The second kappa shape index (κ2) is 8.92. The van der Waals surface area contributed by atoms with Crippen LogP contribution >= 0.6 is 0 Å². The topological polar surface area (TPSA) is 70.0 Å². The van der Waals surface area contributed by atoms with E-state index in [9.17, 15) is 9.90 Å². The Kier molecular flexibility index (Phi) is 6.70. The number of carbonyl (C=O) groups is 1. The second-order valence-electron chi connectivity index (χ2n) is 9.26. The number of hydrogen-bond donors (Lipinski definition) is 2. The molecule has 6 heteroatoms. The minimum Gasteiger partial charge on any atom is -0.465 e. The summed E-state index contributed by atoms with van der Waals surface area (Å²) in [7, 11) is -2.61. The van der Waals surface area contributed by atoms with Crippen molar-refractivity contribution < 1.29 is 19.4 Å². The molecule has 0 radical (unpaired) electrons. The van der Waals surface area contributed by atoms with Gasteiger partial charge in [-0.3, -0.25) is 0 Å². The predicted molar refractivity (Wildman–Crippen MR) is 122 cm³/mol. The first-order valence-corrected chi connectivity index (χ1v) is 12.5. The molecule has 1 heterocycles. The van der Waals surface area contributed by atoms with Gasteiger partial charge in [-0.2, -0.15) is 0 Å². The third-order valence-electron chi connectivity index (χ3n) is 6.27. The summed E-state index contributed by atoms with van der Waals surface area (Å²) in [5.41, 5.74) is -0.878. The molecule has 0 unspecified atom stereocenters. The van der Waals surface area contributed by atoms with Crippen molar-refractivity contribution in [2.75, 3.05) is 19.7 Å². The summed E-state index contributed by atoms with van der Waals surface area (Å²) in [4.78, 5) is 12.5. The van der Waals surface area contributed by atoms with Crippen molar-refractivity contribution in [3.63, 3.8) is 0 Å². The molecule has 0 saturated carbocycles. The normalized spacial score (nSPS) is 17.0. The van der Waals surface area contributed by atoms with E-state index in [2.05, 4.69) is 69.3 Å². The van der Waals surface area contributed by atoms with Gasteiger partial charge in [0.1, 0.15) is 0 Å². The number of hydrogen-bond acceptors (Lipinski definition) is 3. The second-order valence-corrected chi connectivity index (χ2v) is 13.6. The van der Waals surface area contributed by atoms with E-state index < -0.39 is 20.0 Å². The molecular weight excluding hydrogens is 394 g/mol. The van der Waals surface area contributed by atoms with Crippen LogP contribution in [0.15, 0.2) is 60.7 Å². The summed E-state index contributed by atoms with van der Waals surface area (Å²) >= 11 is 0. The molecule has 3 rings (SSSR count). The fourth-order valence-corrected chi connectivity index (χ4v) is 9.08. The molecule has 2 N–H and O–H groups in total. The number of nitrogens with zero attached hydrogens (tertiary/aromatic N) is 1. The molecule has 1 aliphatic heterocycles. The van der Waals surface area contributed by atoms with Gasteiger partial charge in [-0.15, -0.1) is 0 Å². The Bertz CT molecular complexity index is 788. The summed E-state index contributed by atoms with van der Waals surface area (Å²) in [5.74, 6) is 0. The molecule has 2 aromatic rings. The smallest absolute Gasteiger partial charge is 0.407 e. The van der Waals surface area contributed by atoms with Gasteiger partial charge in [0, 0.05) is 19.7 Å². The van der Waals surface area contributed by atoms with Gasteiger partial charge in [0.05, 0.1) is 5.60 Å². The Morgan fingerprint density at radius 2 is 1.47 bits per heavy atom. The molecule has 1 fully saturated rings. The third-order valence-corrected chi connectivity index (χ3v) is 11.3. The Labute approximate surface area is 180 Å². The first kappa shape index (κ1) is 22.5. The lowest BCUT2D eigenvalue weighted by Crippen LogP contribution is -2.66. The molecule has 0 atom stereocenters. The molecule has 0 aliphatic carbocycles. The number of likely N-dealkylation sites (tertiary alicyclic amines) is 1. The van der Waals surface area contributed by atoms with Crippen LogP contribution in [-0.2, 0) is 4.43 Å². The Morgan fingerprint density at radius 1 is 1.00 bits per heavy atom. The van der Waals surface area contributed by atoms with Crippen molar-refractivity contribution in [2.24, 2.45) is 0 Å². The highest BCUT2D eigenvalue weighted by Crippen LogP contribution is 2.37. The van der Waals surface area contributed by atoms with Crippen LogP contribution in [0.2, 0.25) is 5.04 Å². The number of amides is 1. The molecule has 0 aromatic heterocycles. The minimum absolute atomic E-state index is 0.106. The van der Waals surface area contributed by atoms with Crippen LogP contribution in [0.25, 0.3) is 0 Å². The summed E-state index contributed by atoms with van der Waals surface area (Å²) in [5, 5.41) is 22.5. The highest BCUT2D eigenvalue weighted by Gasteiger charge is 2.50. The van der Waals surface area contributed by atoms with Crippen LogP contribution in [0.1, 0.15) is 40.0 Å². The van der Waals surface area contributed by atoms with Gasteiger partial charge in [-0.05, 0) is 34.7 Å². The number of benzene rings is 2. The van der Waals surface area contributed by atoms with E-state index in [4.69, 9.17) is 9.53 Å². The SMILES string of the molecule is CC(C)(C)[Si](OCCC1(O)CCN(C(=O)O)CC1)(c1ccccc1)c1ccccc1. The van der Waals surface area contributed by atoms with Crippen LogP contribution in [-0.4, -0.2) is 54.8 Å². The van der Waals surface area contributed by atoms with Gasteiger partial charge >= 0.3 is 6.09 Å². The van der Waals surface area contributed by atoms with Crippen LogP contribution < -0.4 is 10.4 Å². The fraction of sp³-hybridized carbons (Fsp3) is 0.458. The van der Waals surface area contributed by atoms with E-state index in [-0.39, 0.29) is 5.04 Å². The summed E-state index contributed by atoms with van der Waals surface area (Å²) < 4.78 is 6.86. The summed E-state index contributed by atoms with van der Waals surface area (Å²) in [6.45, 7) is 7.88. The van der Waals surface area contributed by atoms with E-state index in [1.165, 1.54) is 15.3 Å². The molecule has 1 saturated heterocycles. The molecule has 162 valence electrons. The van der Waals surface area contributed by atoms with Crippen LogP contribution in [0.4, 0.5) is 4.79 Å². The minimum atomic E-state index is -2.61. The standard InChI is InChI=1S/C24H33NO4Si/c1-23(2,3)30(20-10-6-4-7-11-20,21-12-8-5-9-13-21)29-19-16-24(28)14-17-25(18-15-24)22(26)27/h4-13,28H,14-19H2,1-3H3,(H,26,27). The van der Waals surface area contributed by atoms with Gasteiger partial charge < -0.3 is 19.5 Å². The first-order valence-electron chi connectivity index (χ1n) is 10.6. The van der Waals surface area contributed by atoms with Gasteiger partial charge in [-0.25, -0.2) is 4.79 Å². The molecule has 2 aromatic carbocycles. The van der Waals surface area contributed by atoms with Crippen molar-refractivity contribution in [3.8, 4) is 0 Å². The highest BCUT2D eigenvalue weighted by molar-refractivity contribution is 6.99. The van der Waals surface area contributed by atoms with Gasteiger partial charge in [0.25, 0.3) is 8.32 Å². The van der Waals surface area contributed by atoms with E-state index in [1.54, 1.807) is 0 Å². The van der Waals surface area contributed by atoms with Crippen molar-refractivity contribution >= 4 is 24.8 Å². The van der Waals surface area contributed by atoms with Crippen LogP contribution in [0.5, 0.6) is 0 Å². The lowest BCUT2D eigenvalue weighted by Gasteiger charge is -2.44. The zero-order chi connectivity index (χ0) is 21.8. The number of carboxylic acid groups (broad SMARTS) is 1. The Balaban J connectivity index is 1.85. The van der Waals surface area contributed by atoms with E-state index in [1.807, 2.05) is 12.1 Å². The van der Waals surface area contributed by atoms with Crippen LogP contribution in [0.3, 0.4) is 0 Å². The predicted octanol–water partition coefficient (Wildman–Crippen LogP) is 3.46. The molecule has 5 nitrogen and oxygen atoms in total. The van der Waals surface area contributed by atoms with E-state index in [0.717, 1.165) is 0 Å². The average Bonchev–Trinajstić information content (AvgIpc) is 2.72. The molecule has 0 spiro atoms.